The lowest BCUT2D eigenvalue weighted by Crippen LogP contribution is -2.36. The van der Waals surface area contributed by atoms with E-state index in [9.17, 15) is 4.79 Å². The van der Waals surface area contributed by atoms with Crippen molar-refractivity contribution >= 4 is 42.1 Å². The van der Waals surface area contributed by atoms with Gasteiger partial charge in [-0.3, -0.25) is 4.79 Å². The van der Waals surface area contributed by atoms with Crippen molar-refractivity contribution in [3.05, 3.63) is 51.5 Å². The molecule has 1 fully saturated rings. The molecule has 2 N–H and O–H groups in total. The highest BCUT2D eigenvalue weighted by Crippen LogP contribution is 2.21. The molecule has 126 valence electrons. The predicted octanol–water partition coefficient (Wildman–Crippen LogP) is 2.98. The van der Waals surface area contributed by atoms with Crippen molar-refractivity contribution in [3.8, 4) is 0 Å². The maximum atomic E-state index is 12.3. The molecule has 0 bridgehead atoms. The van der Waals surface area contributed by atoms with Crippen LogP contribution in [0, 0.1) is 6.92 Å². The lowest BCUT2D eigenvalue weighted by atomic mass is 10.2. The Kier molecular flexibility index (Phi) is 7.99. The smallest absolute Gasteiger partial charge is 0.263 e. The van der Waals surface area contributed by atoms with Gasteiger partial charge in [-0.1, -0.05) is 30.3 Å². The minimum atomic E-state index is 0. The van der Waals surface area contributed by atoms with Crippen LogP contribution in [0.25, 0.3) is 0 Å². The topological polar surface area (TPSA) is 54.0 Å². The highest BCUT2D eigenvalue weighted by atomic mass is 35.5. The van der Waals surface area contributed by atoms with Crippen LogP contribution in [0.3, 0.4) is 0 Å². The molecule has 1 aliphatic rings. The Bertz CT molecular complexity index is 628. The Labute approximate surface area is 152 Å². The molecule has 1 saturated heterocycles. The van der Waals surface area contributed by atoms with E-state index in [4.69, 9.17) is 0 Å². The average molecular weight is 374 g/mol. The Morgan fingerprint density at radius 1 is 1.35 bits per heavy atom. The molecule has 1 aliphatic heterocycles. The van der Waals surface area contributed by atoms with Gasteiger partial charge in [-0.25, -0.2) is 4.98 Å². The fourth-order valence-corrected chi connectivity index (χ4v) is 3.54. The summed E-state index contributed by atoms with van der Waals surface area (Å²) >= 11 is 1.50. The first-order chi connectivity index (χ1) is 10.2. The summed E-state index contributed by atoms with van der Waals surface area (Å²) in [7, 11) is 0. The second-order valence-electron chi connectivity index (χ2n) is 5.35. The van der Waals surface area contributed by atoms with Gasteiger partial charge >= 0.3 is 0 Å². The first kappa shape index (κ1) is 19.9. The minimum absolute atomic E-state index is 0. The standard InChI is InChI=1S/C16H19N3OS.2ClH/c1-11-15(16(20)19-13-7-8-17-10-13)21-14(18-11)9-12-5-3-2-4-6-12;;/h2-6,13,17H,7-10H2,1H3,(H,19,20);2*1H. The van der Waals surface area contributed by atoms with Crippen molar-refractivity contribution in [1.29, 1.82) is 0 Å². The molecule has 0 aliphatic carbocycles. The Morgan fingerprint density at radius 3 is 2.74 bits per heavy atom. The number of hydrogen-bond acceptors (Lipinski definition) is 4. The number of hydrogen-bond donors (Lipinski definition) is 2. The van der Waals surface area contributed by atoms with E-state index in [1.807, 2.05) is 25.1 Å². The van der Waals surface area contributed by atoms with E-state index in [-0.39, 0.29) is 36.8 Å². The van der Waals surface area contributed by atoms with Crippen molar-refractivity contribution in [2.75, 3.05) is 13.1 Å². The van der Waals surface area contributed by atoms with Crippen LogP contribution in [0.4, 0.5) is 0 Å². The molecule has 1 unspecified atom stereocenters. The number of aromatic nitrogens is 1. The van der Waals surface area contributed by atoms with Gasteiger partial charge in [0, 0.05) is 19.0 Å². The first-order valence-corrected chi connectivity index (χ1v) is 8.06. The van der Waals surface area contributed by atoms with Crippen molar-refractivity contribution in [3.63, 3.8) is 0 Å². The monoisotopic (exact) mass is 373 g/mol. The Hall–Kier alpha value is -1.14. The summed E-state index contributed by atoms with van der Waals surface area (Å²) in [5, 5.41) is 7.33. The van der Waals surface area contributed by atoms with E-state index in [0.717, 1.165) is 41.5 Å². The van der Waals surface area contributed by atoms with Gasteiger partial charge in [0.05, 0.1) is 10.7 Å². The van der Waals surface area contributed by atoms with E-state index in [0.29, 0.717) is 0 Å². The molecule has 1 aromatic carbocycles. The number of carbonyl (C=O) groups excluding carboxylic acids is 1. The van der Waals surface area contributed by atoms with Crippen molar-refractivity contribution in [1.82, 2.24) is 15.6 Å². The summed E-state index contributed by atoms with van der Waals surface area (Å²) in [6, 6.07) is 10.5. The summed E-state index contributed by atoms with van der Waals surface area (Å²) in [4.78, 5) is 17.6. The van der Waals surface area contributed by atoms with Crippen molar-refractivity contribution < 1.29 is 4.79 Å². The average Bonchev–Trinajstić information content (AvgIpc) is 3.10. The second kappa shape index (κ2) is 9.23. The van der Waals surface area contributed by atoms with Crippen LogP contribution in [0.2, 0.25) is 0 Å². The molecule has 4 nitrogen and oxygen atoms in total. The van der Waals surface area contributed by atoms with Crippen LogP contribution < -0.4 is 10.6 Å². The number of carbonyl (C=O) groups is 1. The van der Waals surface area contributed by atoms with E-state index < -0.39 is 0 Å². The number of nitrogens with one attached hydrogen (secondary N) is 2. The molecule has 0 spiro atoms. The number of amides is 1. The van der Waals surface area contributed by atoms with Gasteiger partial charge in [-0.05, 0) is 25.5 Å². The number of aryl methyl sites for hydroxylation is 1. The summed E-state index contributed by atoms with van der Waals surface area (Å²) in [5.41, 5.74) is 2.05. The third-order valence-corrected chi connectivity index (χ3v) is 4.80. The molecule has 1 atom stereocenters. The third-order valence-electron chi connectivity index (χ3n) is 3.64. The third kappa shape index (κ3) is 5.18. The Morgan fingerprint density at radius 2 is 2.09 bits per heavy atom. The van der Waals surface area contributed by atoms with E-state index in [1.54, 1.807) is 0 Å². The quantitative estimate of drug-likeness (QED) is 0.865. The lowest BCUT2D eigenvalue weighted by Gasteiger charge is -2.09. The zero-order valence-corrected chi connectivity index (χ0v) is 15.3. The summed E-state index contributed by atoms with van der Waals surface area (Å²) in [6.07, 6.45) is 1.78. The van der Waals surface area contributed by atoms with Crippen LogP contribution in [-0.4, -0.2) is 30.0 Å². The number of halogens is 2. The molecule has 7 heteroatoms. The van der Waals surface area contributed by atoms with Crippen LogP contribution in [-0.2, 0) is 6.42 Å². The number of rotatable bonds is 4. The molecule has 1 aromatic heterocycles. The van der Waals surface area contributed by atoms with Gasteiger partial charge in [-0.2, -0.15) is 0 Å². The van der Waals surface area contributed by atoms with Gasteiger partial charge in [0.1, 0.15) is 4.88 Å². The van der Waals surface area contributed by atoms with Gasteiger partial charge in [0.25, 0.3) is 5.91 Å². The normalized spacial score (nSPS) is 16.3. The molecule has 0 radical (unpaired) electrons. The fraction of sp³-hybridized carbons (Fsp3) is 0.375. The van der Waals surface area contributed by atoms with Gasteiger partial charge < -0.3 is 10.6 Å². The molecular formula is C16H21Cl2N3OS. The number of nitrogens with zero attached hydrogens (tertiary/aromatic N) is 1. The van der Waals surface area contributed by atoms with Crippen LogP contribution in [0.1, 0.15) is 32.4 Å². The van der Waals surface area contributed by atoms with E-state index in [2.05, 4.69) is 27.8 Å². The van der Waals surface area contributed by atoms with Gasteiger partial charge in [-0.15, -0.1) is 36.2 Å². The molecule has 23 heavy (non-hydrogen) atoms. The van der Waals surface area contributed by atoms with Gasteiger partial charge in [0.15, 0.2) is 0 Å². The largest absolute Gasteiger partial charge is 0.347 e. The SMILES string of the molecule is Cc1nc(Cc2ccccc2)sc1C(=O)NC1CCNC1.Cl.Cl. The maximum absolute atomic E-state index is 12.3. The van der Waals surface area contributed by atoms with Crippen molar-refractivity contribution in [2.45, 2.75) is 25.8 Å². The summed E-state index contributed by atoms with van der Waals surface area (Å²) in [5.74, 6) is 0.0120. The molecule has 2 aromatic rings. The molecule has 1 amide bonds. The highest BCUT2D eigenvalue weighted by molar-refractivity contribution is 7.13. The summed E-state index contributed by atoms with van der Waals surface area (Å²) < 4.78 is 0. The summed E-state index contributed by atoms with van der Waals surface area (Å²) in [6.45, 7) is 3.75. The second-order valence-corrected chi connectivity index (χ2v) is 6.43. The van der Waals surface area contributed by atoms with Crippen molar-refractivity contribution in [2.24, 2.45) is 0 Å². The molecule has 0 saturated carbocycles. The highest BCUT2D eigenvalue weighted by Gasteiger charge is 2.21. The van der Waals surface area contributed by atoms with E-state index in [1.165, 1.54) is 16.9 Å². The van der Waals surface area contributed by atoms with Gasteiger partial charge in [0.2, 0.25) is 0 Å². The molecular weight excluding hydrogens is 353 g/mol. The molecule has 3 rings (SSSR count). The van der Waals surface area contributed by atoms with Crippen LogP contribution in [0.5, 0.6) is 0 Å². The predicted molar refractivity (Wildman–Crippen MR) is 99.3 cm³/mol. The Balaban J connectivity index is 0.00000132. The van der Waals surface area contributed by atoms with E-state index >= 15 is 0 Å². The first-order valence-electron chi connectivity index (χ1n) is 7.24. The fourth-order valence-electron chi connectivity index (χ4n) is 2.54. The number of thiazole rings is 1. The zero-order valence-electron chi connectivity index (χ0n) is 12.9. The minimum Gasteiger partial charge on any atom is -0.347 e. The number of benzene rings is 1. The maximum Gasteiger partial charge on any atom is 0.263 e. The van der Waals surface area contributed by atoms with Crippen LogP contribution >= 0.6 is 36.2 Å². The zero-order chi connectivity index (χ0) is 14.7. The molecule has 2 heterocycles. The lowest BCUT2D eigenvalue weighted by molar-refractivity contribution is 0.0943. The van der Waals surface area contributed by atoms with Crippen LogP contribution in [0.15, 0.2) is 30.3 Å².